The van der Waals surface area contributed by atoms with E-state index in [9.17, 15) is 43.2 Å². The lowest BCUT2D eigenvalue weighted by Crippen LogP contribution is -2.30. The van der Waals surface area contributed by atoms with Crippen molar-refractivity contribution in [2.45, 2.75) is 438 Å². The molecule has 0 aromatic heterocycles. The van der Waals surface area contributed by atoms with Gasteiger partial charge in [0.2, 0.25) is 0 Å². The maximum absolute atomic E-state index is 13.1. The number of phosphoric acid groups is 2. The summed E-state index contributed by atoms with van der Waals surface area (Å²) in [5.41, 5.74) is 0. The third-order valence-electron chi connectivity index (χ3n) is 18.5. The first-order chi connectivity index (χ1) is 47.5. The summed E-state index contributed by atoms with van der Waals surface area (Å²) in [4.78, 5) is 72.9. The van der Waals surface area contributed by atoms with Crippen LogP contribution < -0.4 is 0 Å². The Hall–Kier alpha value is -1.94. The van der Waals surface area contributed by atoms with Crippen LogP contribution in [0.5, 0.6) is 0 Å². The van der Waals surface area contributed by atoms with Gasteiger partial charge in [0.1, 0.15) is 19.3 Å². The first-order valence-electron chi connectivity index (χ1n) is 41.1. The molecule has 0 saturated heterocycles. The molecule has 0 aliphatic carbocycles. The Morgan fingerprint density at radius 1 is 0.276 bits per heavy atom. The normalized spacial score (nSPS) is 13.9. The van der Waals surface area contributed by atoms with Crippen LogP contribution in [0, 0.1) is 5.92 Å². The van der Waals surface area contributed by atoms with Crippen LogP contribution in [0.4, 0.5) is 0 Å². The zero-order valence-corrected chi connectivity index (χ0v) is 65.7. The number of carbonyl (C=O) groups is 4. The number of hydrogen-bond donors (Lipinski definition) is 3. The van der Waals surface area contributed by atoms with Crippen LogP contribution in [0.1, 0.15) is 420 Å². The molecule has 98 heavy (non-hydrogen) atoms. The molecule has 0 rings (SSSR count). The van der Waals surface area contributed by atoms with Crippen molar-refractivity contribution >= 4 is 39.5 Å². The highest BCUT2D eigenvalue weighted by atomic mass is 31.2. The maximum Gasteiger partial charge on any atom is 0.472 e. The summed E-state index contributed by atoms with van der Waals surface area (Å²) in [7, 11) is -9.91. The van der Waals surface area contributed by atoms with Crippen molar-refractivity contribution in [2.75, 3.05) is 39.6 Å². The van der Waals surface area contributed by atoms with Crippen molar-refractivity contribution in [1.29, 1.82) is 0 Å². The van der Waals surface area contributed by atoms with E-state index in [1.807, 2.05) is 0 Å². The molecule has 0 spiro atoms. The molecule has 19 heteroatoms. The lowest BCUT2D eigenvalue weighted by Gasteiger charge is -2.21. The third-order valence-corrected chi connectivity index (χ3v) is 20.4. The van der Waals surface area contributed by atoms with E-state index in [0.717, 1.165) is 95.8 Å². The van der Waals surface area contributed by atoms with Gasteiger partial charge in [-0.05, 0) is 31.6 Å². The van der Waals surface area contributed by atoms with E-state index < -0.39 is 97.5 Å². The predicted molar refractivity (Wildman–Crippen MR) is 400 cm³/mol. The van der Waals surface area contributed by atoms with Crippen LogP contribution in [0.15, 0.2) is 0 Å². The molecule has 0 fully saturated rings. The van der Waals surface area contributed by atoms with E-state index in [2.05, 4.69) is 34.6 Å². The van der Waals surface area contributed by atoms with Crippen LogP contribution in [-0.2, 0) is 65.4 Å². The lowest BCUT2D eigenvalue weighted by molar-refractivity contribution is -0.161. The van der Waals surface area contributed by atoms with Gasteiger partial charge in [-0.2, -0.15) is 0 Å². The van der Waals surface area contributed by atoms with Crippen molar-refractivity contribution in [3.63, 3.8) is 0 Å². The second-order valence-electron chi connectivity index (χ2n) is 28.9. The number of aliphatic hydroxyl groups is 1. The summed E-state index contributed by atoms with van der Waals surface area (Å²) >= 11 is 0. The monoisotopic (exact) mass is 1440 g/mol. The number of carbonyl (C=O) groups excluding carboxylic acids is 4. The molecule has 2 unspecified atom stereocenters. The average Bonchev–Trinajstić information content (AvgIpc) is 1.08. The van der Waals surface area contributed by atoms with Gasteiger partial charge in [-0.15, -0.1) is 0 Å². The SMILES string of the molecule is CCCCCCCCCCCCCCCCCCCCC(=O)O[C@H](COC(=O)CCCCCCCCCCCCCCCCC(C)C)COP(=O)(O)OC[C@@H](O)COP(=O)(O)OC[C@@H](COC(=O)CCCCCCCCCCCCC)OC(=O)CCCCCCCCCCCCCC. The maximum atomic E-state index is 13.1. The van der Waals surface area contributed by atoms with E-state index in [4.69, 9.17) is 37.0 Å². The molecule has 0 saturated carbocycles. The molecule has 0 bridgehead atoms. The van der Waals surface area contributed by atoms with Crippen molar-refractivity contribution in [2.24, 2.45) is 5.92 Å². The van der Waals surface area contributed by atoms with Gasteiger partial charge in [-0.1, -0.05) is 369 Å². The molecule has 0 aliphatic heterocycles. The quantitative estimate of drug-likeness (QED) is 0.0222. The van der Waals surface area contributed by atoms with Crippen LogP contribution >= 0.6 is 15.6 Å². The number of esters is 4. The molecule has 5 atom stereocenters. The Morgan fingerprint density at radius 3 is 0.694 bits per heavy atom. The van der Waals surface area contributed by atoms with Crippen molar-refractivity contribution in [3.05, 3.63) is 0 Å². The van der Waals surface area contributed by atoms with Gasteiger partial charge in [0.25, 0.3) is 0 Å². The molecular weight excluding hydrogens is 1280 g/mol. The standard InChI is InChI=1S/C79H154O17P2/c1-6-9-12-15-18-21-24-26-27-28-29-30-35-40-45-50-55-60-65-79(84)96-75(69-90-77(82)63-58-53-48-43-39-34-32-31-33-37-41-46-51-56-61-72(4)5)71-94-98(87,88)92-67-73(80)66-91-97(85,86)93-70-74(68-89-76(81)62-57-52-47-42-36-23-20-17-14-11-8-3)95-78(83)64-59-54-49-44-38-25-22-19-16-13-10-7-2/h72-75,80H,6-71H2,1-5H3,(H,85,86)(H,87,88)/t73-,74+,75+/m0/s1. The Balaban J connectivity index is 5.24. The van der Waals surface area contributed by atoms with Gasteiger partial charge in [0, 0.05) is 25.7 Å². The van der Waals surface area contributed by atoms with Gasteiger partial charge in [0.15, 0.2) is 12.2 Å². The minimum absolute atomic E-state index is 0.108. The largest absolute Gasteiger partial charge is 0.472 e. The Bertz CT molecular complexity index is 1870. The summed E-state index contributed by atoms with van der Waals surface area (Å²) in [6.45, 7) is 7.34. The molecule has 0 heterocycles. The van der Waals surface area contributed by atoms with E-state index >= 15 is 0 Å². The summed E-state index contributed by atoms with van der Waals surface area (Å²) < 4.78 is 68.6. The smallest absolute Gasteiger partial charge is 0.462 e. The van der Waals surface area contributed by atoms with Crippen LogP contribution in [-0.4, -0.2) is 96.7 Å². The van der Waals surface area contributed by atoms with Gasteiger partial charge in [-0.3, -0.25) is 37.3 Å². The summed E-state index contributed by atoms with van der Waals surface area (Å²) in [6, 6.07) is 0. The van der Waals surface area contributed by atoms with E-state index in [1.165, 1.54) is 244 Å². The van der Waals surface area contributed by atoms with Crippen molar-refractivity contribution in [3.8, 4) is 0 Å². The van der Waals surface area contributed by atoms with E-state index in [1.54, 1.807) is 0 Å². The fourth-order valence-electron chi connectivity index (χ4n) is 12.2. The Kier molecular flexibility index (Phi) is 70.6. The minimum Gasteiger partial charge on any atom is -0.462 e. The second-order valence-corrected chi connectivity index (χ2v) is 31.8. The number of aliphatic hydroxyl groups excluding tert-OH is 1. The molecule has 3 N–H and O–H groups in total. The molecule has 17 nitrogen and oxygen atoms in total. The number of rotatable bonds is 79. The van der Waals surface area contributed by atoms with Crippen LogP contribution in [0.25, 0.3) is 0 Å². The highest BCUT2D eigenvalue weighted by Crippen LogP contribution is 2.45. The summed E-state index contributed by atoms with van der Waals surface area (Å²) in [5, 5.41) is 10.6. The number of phosphoric ester groups is 2. The molecule has 582 valence electrons. The Morgan fingerprint density at radius 2 is 0.469 bits per heavy atom. The molecular formula is C79H154O17P2. The molecule has 0 aliphatic rings. The molecule has 0 amide bonds. The van der Waals surface area contributed by atoms with Gasteiger partial charge < -0.3 is 33.8 Å². The summed E-state index contributed by atoms with van der Waals surface area (Å²) in [6.07, 6.45) is 62.3. The molecule has 0 radical (unpaired) electrons. The highest BCUT2D eigenvalue weighted by molar-refractivity contribution is 7.47. The van der Waals surface area contributed by atoms with Gasteiger partial charge >= 0.3 is 39.5 Å². The average molecular weight is 1440 g/mol. The second kappa shape index (κ2) is 72.0. The zero-order valence-electron chi connectivity index (χ0n) is 63.9. The first kappa shape index (κ1) is 96.1. The van der Waals surface area contributed by atoms with Crippen LogP contribution in [0.3, 0.4) is 0 Å². The minimum atomic E-state index is -4.96. The number of unbranched alkanes of at least 4 members (excludes halogenated alkanes) is 51. The van der Waals surface area contributed by atoms with Gasteiger partial charge in [0.05, 0.1) is 26.4 Å². The van der Waals surface area contributed by atoms with Gasteiger partial charge in [-0.25, -0.2) is 9.13 Å². The molecule has 0 aromatic carbocycles. The molecule has 0 aromatic rings. The third kappa shape index (κ3) is 72.4. The van der Waals surface area contributed by atoms with Crippen molar-refractivity contribution < 1.29 is 80.2 Å². The summed E-state index contributed by atoms with van der Waals surface area (Å²) in [5.74, 6) is -1.31. The highest BCUT2D eigenvalue weighted by Gasteiger charge is 2.30. The Labute approximate surface area is 600 Å². The first-order valence-corrected chi connectivity index (χ1v) is 44.1. The zero-order chi connectivity index (χ0) is 71.9. The van der Waals surface area contributed by atoms with Crippen molar-refractivity contribution in [1.82, 2.24) is 0 Å². The predicted octanol–water partition coefficient (Wildman–Crippen LogP) is 23.6. The number of hydrogen-bond acceptors (Lipinski definition) is 15. The van der Waals surface area contributed by atoms with E-state index in [-0.39, 0.29) is 25.7 Å². The lowest BCUT2D eigenvalue weighted by atomic mass is 10.0. The fraction of sp³-hybridized carbons (Fsp3) is 0.949. The number of ether oxygens (including phenoxy) is 4. The topological polar surface area (TPSA) is 237 Å². The van der Waals surface area contributed by atoms with Crippen LogP contribution in [0.2, 0.25) is 0 Å². The van der Waals surface area contributed by atoms with E-state index in [0.29, 0.717) is 25.7 Å². The fourth-order valence-corrected chi connectivity index (χ4v) is 13.8.